The van der Waals surface area contributed by atoms with Crippen LogP contribution < -0.4 is 10.2 Å². The molecule has 0 unspecified atom stereocenters. The van der Waals surface area contributed by atoms with Crippen molar-refractivity contribution in [2.45, 2.75) is 6.42 Å². The van der Waals surface area contributed by atoms with Gasteiger partial charge in [0.2, 0.25) is 5.91 Å². The van der Waals surface area contributed by atoms with Crippen LogP contribution in [0.2, 0.25) is 0 Å². The van der Waals surface area contributed by atoms with E-state index in [0.717, 1.165) is 15.8 Å². The number of halogens is 1. The van der Waals surface area contributed by atoms with Gasteiger partial charge in [-0.25, -0.2) is 4.39 Å². The maximum Gasteiger partial charge on any atom is 0.252 e. The molecule has 1 saturated heterocycles. The van der Waals surface area contributed by atoms with Crippen LogP contribution in [0.5, 0.6) is 0 Å². The van der Waals surface area contributed by atoms with Crippen molar-refractivity contribution in [2.24, 2.45) is 0 Å². The van der Waals surface area contributed by atoms with E-state index in [2.05, 4.69) is 10.2 Å². The molecule has 0 spiro atoms. The third-order valence-electron chi connectivity index (χ3n) is 5.17. The first-order valence-electron chi connectivity index (χ1n) is 9.64. The minimum absolute atomic E-state index is 0.0410. The van der Waals surface area contributed by atoms with Gasteiger partial charge in [0.05, 0.1) is 5.56 Å². The molecule has 0 saturated carbocycles. The van der Waals surface area contributed by atoms with E-state index >= 15 is 0 Å². The SMILES string of the molecule is O=C(NCCC(=O)N1CCN(c2ccc(F)cc2)CC1)c1csc2ccccc12. The fourth-order valence-electron chi connectivity index (χ4n) is 3.56. The van der Waals surface area contributed by atoms with E-state index in [1.165, 1.54) is 12.1 Å². The number of benzene rings is 2. The van der Waals surface area contributed by atoms with Crippen LogP contribution in [0.3, 0.4) is 0 Å². The Morgan fingerprint density at radius 2 is 1.72 bits per heavy atom. The summed E-state index contributed by atoms with van der Waals surface area (Å²) < 4.78 is 14.1. The average Bonchev–Trinajstić information content (AvgIpc) is 3.18. The summed E-state index contributed by atoms with van der Waals surface area (Å²) in [4.78, 5) is 28.9. The lowest BCUT2D eigenvalue weighted by Crippen LogP contribution is -2.49. The fraction of sp³-hybridized carbons (Fsp3) is 0.273. The summed E-state index contributed by atoms with van der Waals surface area (Å²) >= 11 is 1.54. The molecule has 2 amide bonds. The Kier molecular flexibility index (Phi) is 5.76. The second kappa shape index (κ2) is 8.61. The normalized spacial score (nSPS) is 14.2. The van der Waals surface area contributed by atoms with Crippen LogP contribution in [0.15, 0.2) is 53.9 Å². The van der Waals surface area contributed by atoms with Crippen molar-refractivity contribution in [3.05, 3.63) is 65.3 Å². The Balaban J connectivity index is 1.24. The summed E-state index contributed by atoms with van der Waals surface area (Å²) in [5.41, 5.74) is 1.62. The topological polar surface area (TPSA) is 52.7 Å². The average molecular weight is 412 g/mol. The number of amides is 2. The van der Waals surface area contributed by atoms with Crippen molar-refractivity contribution < 1.29 is 14.0 Å². The van der Waals surface area contributed by atoms with Crippen LogP contribution in [0.25, 0.3) is 10.1 Å². The van der Waals surface area contributed by atoms with Crippen molar-refractivity contribution in [3.63, 3.8) is 0 Å². The molecule has 29 heavy (non-hydrogen) atoms. The van der Waals surface area contributed by atoms with Gasteiger partial charge in [0, 0.05) is 60.3 Å². The number of piperazine rings is 1. The number of fused-ring (bicyclic) bond motifs is 1. The molecule has 0 aliphatic carbocycles. The van der Waals surface area contributed by atoms with Gasteiger partial charge in [0.1, 0.15) is 5.82 Å². The zero-order valence-electron chi connectivity index (χ0n) is 15.9. The highest BCUT2D eigenvalue weighted by atomic mass is 32.1. The molecule has 2 aromatic carbocycles. The van der Waals surface area contributed by atoms with Gasteiger partial charge < -0.3 is 15.1 Å². The summed E-state index contributed by atoms with van der Waals surface area (Å²) in [6, 6.07) is 14.2. The number of carbonyl (C=O) groups excluding carboxylic acids is 2. The summed E-state index contributed by atoms with van der Waals surface area (Å²) in [6.45, 7) is 2.99. The van der Waals surface area contributed by atoms with Gasteiger partial charge in [-0.1, -0.05) is 18.2 Å². The van der Waals surface area contributed by atoms with Crippen molar-refractivity contribution in [2.75, 3.05) is 37.6 Å². The van der Waals surface area contributed by atoms with Crippen molar-refractivity contribution in [3.8, 4) is 0 Å². The lowest BCUT2D eigenvalue weighted by atomic mass is 10.1. The van der Waals surface area contributed by atoms with Crippen LogP contribution in [-0.4, -0.2) is 49.4 Å². The van der Waals surface area contributed by atoms with E-state index in [1.54, 1.807) is 23.5 Å². The van der Waals surface area contributed by atoms with Crippen molar-refractivity contribution in [1.29, 1.82) is 0 Å². The quantitative estimate of drug-likeness (QED) is 0.699. The zero-order valence-corrected chi connectivity index (χ0v) is 16.8. The molecule has 150 valence electrons. The summed E-state index contributed by atoms with van der Waals surface area (Å²) in [6.07, 6.45) is 0.282. The van der Waals surface area contributed by atoms with Crippen LogP contribution in [0.4, 0.5) is 10.1 Å². The Labute approximate surface area is 172 Å². The number of hydrogen-bond acceptors (Lipinski definition) is 4. The zero-order chi connectivity index (χ0) is 20.2. The molecule has 1 aliphatic rings. The second-order valence-corrected chi connectivity index (χ2v) is 7.91. The lowest BCUT2D eigenvalue weighted by molar-refractivity contribution is -0.131. The molecular weight excluding hydrogens is 389 g/mol. The van der Waals surface area contributed by atoms with Crippen molar-refractivity contribution in [1.82, 2.24) is 10.2 Å². The molecule has 3 aromatic rings. The van der Waals surface area contributed by atoms with E-state index < -0.39 is 0 Å². The van der Waals surface area contributed by atoms with E-state index in [4.69, 9.17) is 0 Å². The Hall–Kier alpha value is -2.93. The highest BCUT2D eigenvalue weighted by molar-refractivity contribution is 7.17. The third kappa shape index (κ3) is 4.40. The van der Waals surface area contributed by atoms with E-state index in [-0.39, 0.29) is 24.1 Å². The molecule has 0 atom stereocenters. The van der Waals surface area contributed by atoms with Gasteiger partial charge in [-0.3, -0.25) is 9.59 Å². The minimum atomic E-state index is -0.250. The first-order valence-corrected chi connectivity index (χ1v) is 10.5. The largest absolute Gasteiger partial charge is 0.368 e. The van der Waals surface area contributed by atoms with Crippen LogP contribution in [0, 0.1) is 5.82 Å². The lowest BCUT2D eigenvalue weighted by Gasteiger charge is -2.36. The molecular formula is C22H22FN3O2S. The number of thiophene rings is 1. The van der Waals surface area contributed by atoms with Gasteiger partial charge in [0.25, 0.3) is 5.91 Å². The van der Waals surface area contributed by atoms with Gasteiger partial charge >= 0.3 is 0 Å². The Morgan fingerprint density at radius 3 is 2.48 bits per heavy atom. The molecule has 5 nitrogen and oxygen atoms in total. The number of anilines is 1. The molecule has 7 heteroatoms. The van der Waals surface area contributed by atoms with Gasteiger partial charge in [-0.15, -0.1) is 11.3 Å². The molecule has 0 bridgehead atoms. The minimum Gasteiger partial charge on any atom is -0.368 e. The Bertz CT molecular complexity index is 1010. The monoisotopic (exact) mass is 411 g/mol. The molecule has 1 fully saturated rings. The summed E-state index contributed by atoms with van der Waals surface area (Å²) in [5.74, 6) is -0.351. The predicted octanol–water partition coefficient (Wildman–Crippen LogP) is 3.51. The molecule has 2 heterocycles. The number of carbonyl (C=O) groups is 2. The molecule has 4 rings (SSSR count). The molecule has 1 N–H and O–H groups in total. The van der Waals surface area contributed by atoms with E-state index in [1.807, 2.05) is 34.5 Å². The third-order valence-corrected chi connectivity index (χ3v) is 6.14. The van der Waals surface area contributed by atoms with Gasteiger partial charge in [0.15, 0.2) is 0 Å². The molecule has 0 radical (unpaired) electrons. The Morgan fingerprint density at radius 1 is 1.00 bits per heavy atom. The predicted molar refractivity (Wildman–Crippen MR) is 114 cm³/mol. The molecule has 1 aromatic heterocycles. The van der Waals surface area contributed by atoms with Gasteiger partial charge in [-0.05, 0) is 30.3 Å². The summed E-state index contributed by atoms with van der Waals surface area (Å²) in [7, 11) is 0. The number of nitrogens with zero attached hydrogens (tertiary/aromatic N) is 2. The highest BCUT2D eigenvalue weighted by Gasteiger charge is 2.21. The summed E-state index contributed by atoms with van der Waals surface area (Å²) in [5, 5.41) is 5.66. The number of hydrogen-bond donors (Lipinski definition) is 1. The molecule has 1 aliphatic heterocycles. The van der Waals surface area contributed by atoms with E-state index in [0.29, 0.717) is 38.3 Å². The smallest absolute Gasteiger partial charge is 0.252 e. The first-order chi connectivity index (χ1) is 14.1. The standard InChI is InChI=1S/C22H22FN3O2S/c23-16-5-7-17(8-6-16)25-11-13-26(14-12-25)21(27)9-10-24-22(28)19-15-29-20-4-2-1-3-18(19)20/h1-8,15H,9-14H2,(H,24,28). The van der Waals surface area contributed by atoms with Crippen LogP contribution in [-0.2, 0) is 4.79 Å². The maximum absolute atomic E-state index is 13.1. The van der Waals surface area contributed by atoms with E-state index in [9.17, 15) is 14.0 Å². The van der Waals surface area contributed by atoms with Crippen molar-refractivity contribution >= 4 is 38.9 Å². The number of nitrogens with one attached hydrogen (secondary N) is 1. The maximum atomic E-state index is 13.1. The number of rotatable bonds is 5. The van der Waals surface area contributed by atoms with Crippen LogP contribution >= 0.6 is 11.3 Å². The van der Waals surface area contributed by atoms with Gasteiger partial charge in [-0.2, -0.15) is 0 Å². The second-order valence-electron chi connectivity index (χ2n) is 7.00. The fourth-order valence-corrected chi connectivity index (χ4v) is 4.50. The van der Waals surface area contributed by atoms with Crippen LogP contribution in [0.1, 0.15) is 16.8 Å². The first kappa shape index (κ1) is 19.4. The highest BCUT2D eigenvalue weighted by Crippen LogP contribution is 2.25.